The van der Waals surface area contributed by atoms with Gasteiger partial charge in [-0.05, 0) is 12.1 Å². The van der Waals surface area contributed by atoms with E-state index in [1.165, 1.54) is 18.3 Å². The van der Waals surface area contributed by atoms with E-state index < -0.39 is 15.8 Å². The fourth-order valence-electron chi connectivity index (χ4n) is 1.34. The van der Waals surface area contributed by atoms with Gasteiger partial charge in [0.2, 0.25) is 0 Å². The van der Waals surface area contributed by atoms with Gasteiger partial charge in [0.15, 0.2) is 0 Å². The number of para-hydroxylation sites is 1. The van der Waals surface area contributed by atoms with E-state index in [0.29, 0.717) is 0 Å². The standard InChI is InChI=1S/C10H9F2N3O2S2/c11-10(12)18-9-4-2-1-3-8(9)15-19(16,17)7-5-13-14-6-7/h1-6,10,15H,(H,13,14). The van der Waals surface area contributed by atoms with Gasteiger partial charge in [-0.2, -0.15) is 13.9 Å². The first-order valence-corrected chi connectivity index (χ1v) is 7.41. The fraction of sp³-hybridized carbons (Fsp3) is 0.100. The van der Waals surface area contributed by atoms with E-state index in [0.717, 1.165) is 6.20 Å². The van der Waals surface area contributed by atoms with Crippen LogP contribution in [0, 0.1) is 0 Å². The number of thioether (sulfide) groups is 1. The maximum absolute atomic E-state index is 12.4. The first-order chi connectivity index (χ1) is 8.99. The molecule has 0 spiro atoms. The smallest absolute Gasteiger partial charge is 0.284 e. The summed E-state index contributed by atoms with van der Waals surface area (Å²) in [6.45, 7) is 0. The van der Waals surface area contributed by atoms with Gasteiger partial charge in [0.05, 0.1) is 11.9 Å². The van der Waals surface area contributed by atoms with Crippen molar-refractivity contribution in [3.63, 3.8) is 0 Å². The van der Waals surface area contributed by atoms with Crippen LogP contribution in [0.2, 0.25) is 0 Å². The van der Waals surface area contributed by atoms with Crippen LogP contribution in [-0.2, 0) is 10.0 Å². The number of alkyl halides is 2. The van der Waals surface area contributed by atoms with E-state index >= 15 is 0 Å². The van der Waals surface area contributed by atoms with Crippen LogP contribution in [0.4, 0.5) is 14.5 Å². The Morgan fingerprint density at radius 2 is 2.05 bits per heavy atom. The molecule has 0 aliphatic carbocycles. The molecule has 0 aliphatic rings. The summed E-state index contributed by atoms with van der Waals surface area (Å²) < 4.78 is 50.9. The number of sulfonamides is 1. The van der Waals surface area contributed by atoms with Crippen molar-refractivity contribution in [1.29, 1.82) is 0 Å². The minimum atomic E-state index is -3.83. The number of hydrogen-bond acceptors (Lipinski definition) is 4. The molecule has 102 valence electrons. The summed E-state index contributed by atoms with van der Waals surface area (Å²) in [6, 6.07) is 5.95. The molecule has 1 aromatic heterocycles. The summed E-state index contributed by atoms with van der Waals surface area (Å²) in [5.74, 6) is -2.63. The number of nitrogens with one attached hydrogen (secondary N) is 2. The maximum Gasteiger partial charge on any atom is 0.288 e. The molecule has 19 heavy (non-hydrogen) atoms. The summed E-state index contributed by atoms with van der Waals surface area (Å²) >= 11 is 0.279. The Kier molecular flexibility index (Phi) is 4.05. The van der Waals surface area contributed by atoms with Gasteiger partial charge >= 0.3 is 0 Å². The number of hydrogen-bond donors (Lipinski definition) is 2. The minimum Gasteiger partial charge on any atom is -0.284 e. The highest BCUT2D eigenvalue weighted by molar-refractivity contribution is 7.99. The zero-order chi connectivity index (χ0) is 13.9. The molecular formula is C10H9F2N3O2S2. The number of rotatable bonds is 5. The Hall–Kier alpha value is -1.61. The zero-order valence-electron chi connectivity index (χ0n) is 9.38. The Morgan fingerprint density at radius 3 is 2.68 bits per heavy atom. The number of anilines is 1. The summed E-state index contributed by atoms with van der Waals surface area (Å²) in [6.07, 6.45) is 2.33. The lowest BCUT2D eigenvalue weighted by Gasteiger charge is -2.10. The van der Waals surface area contributed by atoms with Crippen LogP contribution < -0.4 is 4.72 Å². The highest BCUT2D eigenvalue weighted by atomic mass is 32.2. The van der Waals surface area contributed by atoms with Crippen LogP contribution in [0.1, 0.15) is 0 Å². The van der Waals surface area contributed by atoms with Crippen LogP contribution in [0.3, 0.4) is 0 Å². The number of benzene rings is 1. The third-order valence-electron chi connectivity index (χ3n) is 2.13. The minimum absolute atomic E-state index is 0.0654. The van der Waals surface area contributed by atoms with Crippen molar-refractivity contribution in [3.8, 4) is 0 Å². The second kappa shape index (κ2) is 5.57. The quantitative estimate of drug-likeness (QED) is 0.832. The van der Waals surface area contributed by atoms with Crippen molar-refractivity contribution in [2.75, 3.05) is 4.72 Å². The molecule has 0 saturated carbocycles. The highest BCUT2D eigenvalue weighted by Crippen LogP contribution is 2.32. The number of H-pyrrole nitrogens is 1. The Bertz CT molecular complexity index is 645. The molecule has 0 radical (unpaired) electrons. The topological polar surface area (TPSA) is 74.8 Å². The molecule has 5 nitrogen and oxygen atoms in total. The third kappa shape index (κ3) is 3.44. The van der Waals surface area contributed by atoms with Gasteiger partial charge in [0.25, 0.3) is 15.8 Å². The first-order valence-electron chi connectivity index (χ1n) is 5.04. The lowest BCUT2D eigenvalue weighted by molar-refractivity contribution is 0.252. The van der Waals surface area contributed by atoms with E-state index in [2.05, 4.69) is 14.9 Å². The number of halogens is 2. The Labute approximate surface area is 112 Å². The second-order valence-corrected chi connectivity index (χ2v) is 6.13. The van der Waals surface area contributed by atoms with Gasteiger partial charge in [-0.3, -0.25) is 9.82 Å². The number of nitrogens with zero attached hydrogens (tertiary/aromatic N) is 1. The fourth-order valence-corrected chi connectivity index (χ4v) is 2.98. The third-order valence-corrected chi connectivity index (χ3v) is 4.25. The molecular weight excluding hydrogens is 296 g/mol. The van der Waals surface area contributed by atoms with Gasteiger partial charge in [0.1, 0.15) is 4.90 Å². The lowest BCUT2D eigenvalue weighted by Crippen LogP contribution is -2.12. The molecule has 1 heterocycles. The average Bonchev–Trinajstić information content (AvgIpc) is 2.85. The summed E-state index contributed by atoms with van der Waals surface area (Å²) in [4.78, 5) is 0.0916. The highest BCUT2D eigenvalue weighted by Gasteiger charge is 2.18. The predicted octanol–water partition coefficient (Wildman–Crippen LogP) is 2.53. The van der Waals surface area contributed by atoms with Crippen molar-refractivity contribution in [2.45, 2.75) is 15.5 Å². The van der Waals surface area contributed by atoms with Crippen molar-refractivity contribution in [2.24, 2.45) is 0 Å². The van der Waals surface area contributed by atoms with Crippen LogP contribution in [0.5, 0.6) is 0 Å². The molecule has 0 saturated heterocycles. The van der Waals surface area contributed by atoms with Crippen molar-refractivity contribution < 1.29 is 17.2 Å². The molecule has 0 fully saturated rings. The maximum atomic E-state index is 12.4. The summed E-state index contributed by atoms with van der Waals surface area (Å²) in [5.41, 5.74) is 0.106. The van der Waals surface area contributed by atoms with E-state index in [-0.39, 0.29) is 27.2 Å². The Balaban J connectivity index is 2.29. The molecule has 1 aromatic carbocycles. The molecule has 0 unspecified atom stereocenters. The molecule has 2 N–H and O–H groups in total. The molecule has 0 bridgehead atoms. The largest absolute Gasteiger partial charge is 0.288 e. The van der Waals surface area contributed by atoms with E-state index in [1.54, 1.807) is 12.1 Å². The molecule has 2 rings (SSSR count). The van der Waals surface area contributed by atoms with Gasteiger partial charge in [-0.1, -0.05) is 23.9 Å². The lowest BCUT2D eigenvalue weighted by atomic mass is 10.3. The van der Waals surface area contributed by atoms with Crippen LogP contribution in [0.25, 0.3) is 0 Å². The molecule has 0 amide bonds. The van der Waals surface area contributed by atoms with E-state index in [4.69, 9.17) is 0 Å². The predicted molar refractivity (Wildman–Crippen MR) is 67.7 cm³/mol. The van der Waals surface area contributed by atoms with E-state index in [9.17, 15) is 17.2 Å². The zero-order valence-corrected chi connectivity index (χ0v) is 11.0. The second-order valence-electron chi connectivity index (χ2n) is 3.41. The summed E-state index contributed by atoms with van der Waals surface area (Å²) in [5, 5.41) is 5.91. The molecule has 2 aromatic rings. The van der Waals surface area contributed by atoms with Gasteiger partial charge in [-0.25, -0.2) is 8.42 Å². The van der Waals surface area contributed by atoms with Crippen LogP contribution in [0.15, 0.2) is 46.5 Å². The van der Waals surface area contributed by atoms with Crippen molar-refractivity contribution >= 4 is 27.5 Å². The number of aromatic amines is 1. The first kappa shape index (κ1) is 13.8. The van der Waals surface area contributed by atoms with Gasteiger partial charge < -0.3 is 0 Å². The molecule has 0 aliphatic heterocycles. The van der Waals surface area contributed by atoms with Crippen LogP contribution >= 0.6 is 11.8 Å². The monoisotopic (exact) mass is 305 g/mol. The van der Waals surface area contributed by atoms with E-state index in [1.807, 2.05) is 0 Å². The Morgan fingerprint density at radius 1 is 1.32 bits per heavy atom. The molecule has 9 heteroatoms. The molecule has 0 atom stereocenters. The normalized spacial score (nSPS) is 11.7. The van der Waals surface area contributed by atoms with Crippen LogP contribution in [-0.4, -0.2) is 24.4 Å². The SMILES string of the molecule is O=S(=O)(Nc1ccccc1SC(F)F)c1cn[nH]c1. The van der Waals surface area contributed by atoms with Crippen molar-refractivity contribution in [1.82, 2.24) is 10.2 Å². The van der Waals surface area contributed by atoms with Gasteiger partial charge in [0, 0.05) is 11.1 Å². The number of aromatic nitrogens is 2. The summed E-state index contributed by atoms with van der Waals surface area (Å²) in [7, 11) is -3.83. The van der Waals surface area contributed by atoms with Crippen molar-refractivity contribution in [3.05, 3.63) is 36.7 Å². The van der Waals surface area contributed by atoms with Gasteiger partial charge in [-0.15, -0.1) is 0 Å². The average molecular weight is 305 g/mol.